The molecular formula is C20H28N4O2. The van der Waals surface area contributed by atoms with Crippen LogP contribution in [0.15, 0.2) is 29.1 Å². The monoisotopic (exact) mass is 356 g/mol. The predicted molar refractivity (Wildman–Crippen MR) is 103 cm³/mol. The topological polar surface area (TPSA) is 92.1 Å². The van der Waals surface area contributed by atoms with Crippen LogP contribution >= 0.6 is 0 Å². The number of rotatable bonds is 9. The summed E-state index contributed by atoms with van der Waals surface area (Å²) in [6.45, 7) is 3.36. The minimum atomic E-state index is -0.241. The van der Waals surface area contributed by atoms with Crippen LogP contribution in [-0.4, -0.2) is 33.9 Å². The van der Waals surface area contributed by atoms with E-state index in [1.807, 2.05) is 30.0 Å². The van der Waals surface area contributed by atoms with Crippen molar-refractivity contribution in [3.8, 4) is 0 Å². The number of nitrogens with two attached hydrogens (primary N) is 1. The summed E-state index contributed by atoms with van der Waals surface area (Å²) in [7, 11) is 0. The number of amides is 1. The lowest BCUT2D eigenvalue weighted by Gasteiger charge is -2.29. The Morgan fingerprint density at radius 1 is 1.27 bits per heavy atom. The SMILES string of the molecule is C[C@@H](c1nc2ccccc2c(=O)[nH]1)N(CCCCCCN)C(=O)C1CC1. The predicted octanol–water partition coefficient (Wildman–Crippen LogP) is 2.74. The van der Waals surface area contributed by atoms with Crippen molar-refractivity contribution in [2.75, 3.05) is 13.1 Å². The first kappa shape index (κ1) is 18.6. The third-order valence-electron chi connectivity index (χ3n) is 5.06. The molecular weight excluding hydrogens is 328 g/mol. The van der Waals surface area contributed by atoms with Gasteiger partial charge in [0.25, 0.3) is 5.56 Å². The first-order chi connectivity index (χ1) is 12.6. The molecule has 0 unspecified atom stereocenters. The molecule has 3 rings (SSSR count). The number of nitrogens with one attached hydrogen (secondary N) is 1. The van der Waals surface area contributed by atoms with E-state index >= 15 is 0 Å². The number of fused-ring (bicyclic) bond motifs is 1. The van der Waals surface area contributed by atoms with Crippen LogP contribution in [0.5, 0.6) is 0 Å². The van der Waals surface area contributed by atoms with Crippen LogP contribution in [0.3, 0.4) is 0 Å². The standard InChI is InChI=1S/C20H28N4O2/c1-14(18-22-17-9-5-4-8-16(17)19(25)23-18)24(20(26)15-10-11-15)13-7-3-2-6-12-21/h4-5,8-9,14-15H,2-3,6-7,10-13,21H2,1H3,(H,22,23,25)/t14-/m0/s1. The maximum absolute atomic E-state index is 12.8. The maximum atomic E-state index is 12.8. The van der Waals surface area contributed by atoms with Crippen LogP contribution in [0.2, 0.25) is 0 Å². The molecule has 1 heterocycles. The minimum absolute atomic E-state index is 0.147. The van der Waals surface area contributed by atoms with Gasteiger partial charge in [-0.15, -0.1) is 0 Å². The molecule has 0 aliphatic heterocycles. The number of hydrogen-bond acceptors (Lipinski definition) is 4. The molecule has 140 valence electrons. The van der Waals surface area contributed by atoms with Crippen molar-refractivity contribution >= 4 is 16.8 Å². The van der Waals surface area contributed by atoms with E-state index < -0.39 is 0 Å². The van der Waals surface area contributed by atoms with Gasteiger partial charge in [0.05, 0.1) is 16.9 Å². The zero-order valence-electron chi connectivity index (χ0n) is 15.4. The average Bonchev–Trinajstić information content (AvgIpc) is 3.49. The summed E-state index contributed by atoms with van der Waals surface area (Å²) >= 11 is 0. The van der Waals surface area contributed by atoms with E-state index in [0.29, 0.717) is 29.8 Å². The molecule has 1 aliphatic rings. The van der Waals surface area contributed by atoms with Gasteiger partial charge in [0.1, 0.15) is 5.82 Å². The highest BCUT2D eigenvalue weighted by molar-refractivity contribution is 5.81. The maximum Gasteiger partial charge on any atom is 0.258 e. The number of H-pyrrole nitrogens is 1. The largest absolute Gasteiger partial charge is 0.333 e. The molecule has 0 saturated heterocycles. The van der Waals surface area contributed by atoms with Crippen molar-refractivity contribution < 1.29 is 4.79 Å². The smallest absolute Gasteiger partial charge is 0.258 e. The second-order valence-electron chi connectivity index (χ2n) is 7.15. The van der Waals surface area contributed by atoms with Gasteiger partial charge in [0, 0.05) is 12.5 Å². The molecule has 3 N–H and O–H groups in total. The number of aromatic nitrogens is 2. The number of aromatic amines is 1. The highest BCUT2D eigenvalue weighted by Crippen LogP contribution is 2.33. The first-order valence-electron chi connectivity index (χ1n) is 9.61. The summed E-state index contributed by atoms with van der Waals surface area (Å²) in [5, 5.41) is 0.574. The number of carbonyl (C=O) groups excluding carboxylic acids is 1. The fraction of sp³-hybridized carbons (Fsp3) is 0.550. The van der Waals surface area contributed by atoms with Crippen molar-refractivity contribution in [2.45, 2.75) is 51.5 Å². The Kier molecular flexibility index (Phi) is 6.04. The molecule has 6 nitrogen and oxygen atoms in total. The molecule has 2 aromatic rings. The van der Waals surface area contributed by atoms with Gasteiger partial charge in [-0.05, 0) is 51.3 Å². The third-order valence-corrected chi connectivity index (χ3v) is 5.06. The van der Waals surface area contributed by atoms with Crippen molar-refractivity contribution in [3.63, 3.8) is 0 Å². The highest BCUT2D eigenvalue weighted by Gasteiger charge is 2.36. The Hall–Kier alpha value is -2.21. The van der Waals surface area contributed by atoms with E-state index in [2.05, 4.69) is 9.97 Å². The molecule has 1 aromatic heterocycles. The molecule has 1 aromatic carbocycles. The molecule has 6 heteroatoms. The van der Waals surface area contributed by atoms with Gasteiger partial charge in [-0.3, -0.25) is 9.59 Å². The highest BCUT2D eigenvalue weighted by atomic mass is 16.2. The lowest BCUT2D eigenvalue weighted by Crippen LogP contribution is -2.37. The van der Waals surface area contributed by atoms with Crippen LogP contribution in [-0.2, 0) is 4.79 Å². The van der Waals surface area contributed by atoms with Gasteiger partial charge in [0.15, 0.2) is 0 Å². The van der Waals surface area contributed by atoms with Crippen LogP contribution < -0.4 is 11.3 Å². The van der Waals surface area contributed by atoms with E-state index in [9.17, 15) is 9.59 Å². The van der Waals surface area contributed by atoms with E-state index in [1.54, 1.807) is 6.07 Å². The normalized spacial score (nSPS) is 15.2. The Morgan fingerprint density at radius 2 is 2.00 bits per heavy atom. The average molecular weight is 356 g/mol. The molecule has 26 heavy (non-hydrogen) atoms. The summed E-state index contributed by atoms with van der Waals surface area (Å²) in [6, 6.07) is 7.05. The van der Waals surface area contributed by atoms with E-state index in [0.717, 1.165) is 38.5 Å². The summed E-state index contributed by atoms with van der Waals surface area (Å²) in [5.41, 5.74) is 6.06. The zero-order chi connectivity index (χ0) is 18.5. The van der Waals surface area contributed by atoms with Gasteiger partial charge in [0.2, 0.25) is 5.91 Å². The van der Waals surface area contributed by atoms with Crippen molar-refractivity contribution in [3.05, 3.63) is 40.4 Å². The van der Waals surface area contributed by atoms with Crippen LogP contribution in [0.1, 0.15) is 57.3 Å². The number of unbranched alkanes of at least 4 members (excludes halogenated alkanes) is 3. The number of carbonyl (C=O) groups is 1. The second kappa shape index (κ2) is 8.45. The molecule has 1 atom stereocenters. The quantitative estimate of drug-likeness (QED) is 0.676. The van der Waals surface area contributed by atoms with E-state index in [4.69, 9.17) is 5.73 Å². The molecule has 0 spiro atoms. The summed E-state index contributed by atoms with van der Waals surface area (Å²) in [4.78, 5) is 34.5. The van der Waals surface area contributed by atoms with Gasteiger partial charge in [-0.1, -0.05) is 25.0 Å². The molecule has 1 amide bonds. The Bertz CT molecular complexity index is 813. The zero-order valence-corrected chi connectivity index (χ0v) is 15.4. The van der Waals surface area contributed by atoms with E-state index in [1.165, 1.54) is 0 Å². The van der Waals surface area contributed by atoms with Gasteiger partial charge >= 0.3 is 0 Å². The Labute approximate surface area is 153 Å². The van der Waals surface area contributed by atoms with Crippen molar-refractivity contribution in [1.29, 1.82) is 0 Å². The molecule has 1 saturated carbocycles. The third kappa shape index (κ3) is 4.30. The minimum Gasteiger partial charge on any atom is -0.333 e. The van der Waals surface area contributed by atoms with Crippen molar-refractivity contribution in [1.82, 2.24) is 14.9 Å². The van der Waals surface area contributed by atoms with Gasteiger partial charge in [-0.2, -0.15) is 0 Å². The van der Waals surface area contributed by atoms with E-state index in [-0.39, 0.29) is 23.4 Å². The van der Waals surface area contributed by atoms with Crippen molar-refractivity contribution in [2.24, 2.45) is 11.7 Å². The summed E-state index contributed by atoms with van der Waals surface area (Å²) in [5.74, 6) is 0.894. The molecule has 0 radical (unpaired) electrons. The van der Waals surface area contributed by atoms with Crippen LogP contribution in [0.25, 0.3) is 10.9 Å². The molecule has 1 fully saturated rings. The number of hydrogen-bond donors (Lipinski definition) is 2. The molecule has 1 aliphatic carbocycles. The van der Waals surface area contributed by atoms with Crippen LogP contribution in [0, 0.1) is 5.92 Å². The lowest BCUT2D eigenvalue weighted by molar-refractivity contribution is -0.135. The fourth-order valence-electron chi connectivity index (χ4n) is 3.29. The number of para-hydroxylation sites is 1. The van der Waals surface area contributed by atoms with Gasteiger partial charge in [-0.25, -0.2) is 4.98 Å². The fourth-order valence-corrected chi connectivity index (χ4v) is 3.29. The lowest BCUT2D eigenvalue weighted by atomic mass is 10.1. The Morgan fingerprint density at radius 3 is 2.73 bits per heavy atom. The van der Waals surface area contributed by atoms with Crippen LogP contribution in [0.4, 0.5) is 0 Å². The van der Waals surface area contributed by atoms with Gasteiger partial charge < -0.3 is 15.6 Å². The summed E-state index contributed by atoms with van der Waals surface area (Å²) < 4.78 is 0. The summed E-state index contributed by atoms with van der Waals surface area (Å²) in [6.07, 6.45) is 6.04. The molecule has 0 bridgehead atoms. The first-order valence-corrected chi connectivity index (χ1v) is 9.61. The second-order valence-corrected chi connectivity index (χ2v) is 7.15. The number of benzene rings is 1. The Balaban J connectivity index is 1.78. The number of nitrogens with zero attached hydrogens (tertiary/aromatic N) is 2.